The minimum absolute atomic E-state index is 0. The molecule has 0 aliphatic heterocycles. The second-order valence-electron chi connectivity index (χ2n) is 6.91. The SMILES string of the molecule is CCCC(=O)Nc1ccc(CNC(=NC)NCCc2cc(C)ccc2OC)cc1.I. The maximum atomic E-state index is 11.7. The van der Waals surface area contributed by atoms with E-state index in [0.717, 1.165) is 42.3 Å². The maximum Gasteiger partial charge on any atom is 0.224 e. The van der Waals surface area contributed by atoms with Gasteiger partial charge in [-0.1, -0.05) is 36.8 Å². The molecule has 6 nitrogen and oxygen atoms in total. The van der Waals surface area contributed by atoms with Crippen LogP contribution in [0.2, 0.25) is 0 Å². The van der Waals surface area contributed by atoms with Crippen molar-refractivity contribution in [3.8, 4) is 5.75 Å². The second kappa shape index (κ2) is 13.8. The zero-order chi connectivity index (χ0) is 21.1. The zero-order valence-electron chi connectivity index (χ0n) is 18.2. The van der Waals surface area contributed by atoms with Crippen molar-refractivity contribution >= 4 is 41.5 Å². The summed E-state index contributed by atoms with van der Waals surface area (Å²) in [6, 6.07) is 14.1. The van der Waals surface area contributed by atoms with Gasteiger partial charge in [-0.25, -0.2) is 0 Å². The number of anilines is 1. The van der Waals surface area contributed by atoms with Gasteiger partial charge in [-0.2, -0.15) is 0 Å². The van der Waals surface area contributed by atoms with E-state index in [9.17, 15) is 4.79 Å². The van der Waals surface area contributed by atoms with Crippen LogP contribution in [0.15, 0.2) is 47.5 Å². The van der Waals surface area contributed by atoms with E-state index in [4.69, 9.17) is 4.74 Å². The van der Waals surface area contributed by atoms with Crippen molar-refractivity contribution in [1.29, 1.82) is 0 Å². The third kappa shape index (κ3) is 8.61. The van der Waals surface area contributed by atoms with Gasteiger partial charge in [-0.15, -0.1) is 24.0 Å². The van der Waals surface area contributed by atoms with Gasteiger partial charge in [-0.05, 0) is 49.1 Å². The number of nitrogens with zero attached hydrogens (tertiary/aromatic N) is 1. The molecule has 0 aliphatic rings. The molecule has 0 atom stereocenters. The molecule has 0 spiro atoms. The van der Waals surface area contributed by atoms with Crippen LogP contribution in [0.25, 0.3) is 0 Å². The van der Waals surface area contributed by atoms with E-state index in [1.165, 1.54) is 11.1 Å². The number of carbonyl (C=O) groups is 1. The topological polar surface area (TPSA) is 74.8 Å². The van der Waals surface area contributed by atoms with Crippen molar-refractivity contribution in [3.05, 3.63) is 59.2 Å². The summed E-state index contributed by atoms with van der Waals surface area (Å²) in [6.07, 6.45) is 2.23. The molecule has 164 valence electrons. The summed E-state index contributed by atoms with van der Waals surface area (Å²) in [6.45, 7) is 5.47. The molecule has 1 amide bonds. The van der Waals surface area contributed by atoms with Crippen molar-refractivity contribution in [2.75, 3.05) is 26.0 Å². The highest BCUT2D eigenvalue weighted by molar-refractivity contribution is 14.0. The number of benzene rings is 2. The van der Waals surface area contributed by atoms with Crippen LogP contribution in [0.5, 0.6) is 5.75 Å². The summed E-state index contributed by atoms with van der Waals surface area (Å²) < 4.78 is 5.44. The van der Waals surface area contributed by atoms with Gasteiger partial charge in [0.1, 0.15) is 5.75 Å². The highest BCUT2D eigenvalue weighted by Gasteiger charge is 2.05. The van der Waals surface area contributed by atoms with Gasteiger partial charge < -0.3 is 20.7 Å². The van der Waals surface area contributed by atoms with Gasteiger partial charge in [0.25, 0.3) is 0 Å². The maximum absolute atomic E-state index is 11.7. The molecule has 0 aliphatic carbocycles. The number of rotatable bonds is 9. The van der Waals surface area contributed by atoms with Gasteiger partial charge >= 0.3 is 0 Å². The summed E-state index contributed by atoms with van der Waals surface area (Å²) in [5, 5.41) is 9.55. The van der Waals surface area contributed by atoms with Crippen LogP contribution in [-0.4, -0.2) is 32.6 Å². The Hall–Kier alpha value is -2.29. The minimum Gasteiger partial charge on any atom is -0.496 e. The number of amides is 1. The number of carbonyl (C=O) groups excluding carboxylic acids is 1. The van der Waals surface area contributed by atoms with Crippen LogP contribution in [0.4, 0.5) is 5.69 Å². The lowest BCUT2D eigenvalue weighted by Gasteiger charge is -2.14. The molecule has 0 heterocycles. The molecule has 2 aromatic rings. The van der Waals surface area contributed by atoms with Crippen LogP contribution in [0, 0.1) is 6.92 Å². The van der Waals surface area contributed by atoms with E-state index in [1.807, 2.05) is 37.3 Å². The van der Waals surface area contributed by atoms with Gasteiger partial charge in [0, 0.05) is 32.2 Å². The van der Waals surface area contributed by atoms with E-state index in [0.29, 0.717) is 13.0 Å². The van der Waals surface area contributed by atoms with Crippen LogP contribution >= 0.6 is 24.0 Å². The van der Waals surface area contributed by atoms with Crippen LogP contribution < -0.4 is 20.7 Å². The number of aryl methyl sites for hydroxylation is 1. The Balaban J connectivity index is 0.00000450. The molecule has 0 radical (unpaired) electrons. The predicted octanol–water partition coefficient (Wildman–Crippen LogP) is 4.27. The Bertz CT molecular complexity index is 822. The molecule has 3 N–H and O–H groups in total. The first-order valence-corrected chi connectivity index (χ1v) is 10.0. The Morgan fingerprint density at radius 2 is 1.83 bits per heavy atom. The fraction of sp³-hybridized carbons (Fsp3) is 0.391. The lowest BCUT2D eigenvalue weighted by molar-refractivity contribution is -0.116. The number of methoxy groups -OCH3 is 1. The van der Waals surface area contributed by atoms with Crippen molar-refractivity contribution in [3.63, 3.8) is 0 Å². The molecule has 0 aromatic heterocycles. The first-order valence-electron chi connectivity index (χ1n) is 10.0. The summed E-state index contributed by atoms with van der Waals surface area (Å²) in [4.78, 5) is 15.9. The second-order valence-corrected chi connectivity index (χ2v) is 6.91. The number of hydrogen-bond donors (Lipinski definition) is 3. The smallest absolute Gasteiger partial charge is 0.224 e. The third-order valence-corrected chi connectivity index (χ3v) is 4.52. The van der Waals surface area contributed by atoms with Gasteiger partial charge in [0.05, 0.1) is 7.11 Å². The lowest BCUT2D eigenvalue weighted by Crippen LogP contribution is -2.37. The van der Waals surface area contributed by atoms with E-state index in [2.05, 4.69) is 40.0 Å². The molecule has 0 saturated heterocycles. The summed E-state index contributed by atoms with van der Waals surface area (Å²) >= 11 is 0. The summed E-state index contributed by atoms with van der Waals surface area (Å²) in [7, 11) is 3.46. The van der Waals surface area contributed by atoms with E-state index < -0.39 is 0 Å². The molecular weight excluding hydrogens is 491 g/mol. The Morgan fingerprint density at radius 1 is 1.10 bits per heavy atom. The fourth-order valence-corrected chi connectivity index (χ4v) is 2.98. The van der Waals surface area contributed by atoms with E-state index in [1.54, 1.807) is 14.2 Å². The highest BCUT2D eigenvalue weighted by atomic mass is 127. The van der Waals surface area contributed by atoms with E-state index in [-0.39, 0.29) is 29.9 Å². The van der Waals surface area contributed by atoms with Gasteiger partial charge in [0.2, 0.25) is 5.91 Å². The Kier molecular flexibility index (Phi) is 11.9. The minimum atomic E-state index is 0. The molecule has 0 fully saturated rings. The summed E-state index contributed by atoms with van der Waals surface area (Å²) in [5.41, 5.74) is 4.33. The lowest BCUT2D eigenvalue weighted by atomic mass is 10.1. The average molecular weight is 524 g/mol. The molecule has 2 rings (SSSR count). The largest absolute Gasteiger partial charge is 0.496 e. The first kappa shape index (κ1) is 25.7. The predicted molar refractivity (Wildman–Crippen MR) is 135 cm³/mol. The molecule has 0 bridgehead atoms. The van der Waals surface area contributed by atoms with Crippen molar-refractivity contribution in [1.82, 2.24) is 10.6 Å². The Labute approximate surface area is 196 Å². The average Bonchev–Trinajstić information content (AvgIpc) is 2.72. The first-order chi connectivity index (χ1) is 14.0. The van der Waals surface area contributed by atoms with Gasteiger partial charge in [-0.3, -0.25) is 9.79 Å². The number of aliphatic imine (C=N–C) groups is 1. The van der Waals surface area contributed by atoms with Crippen molar-refractivity contribution in [2.24, 2.45) is 4.99 Å². The van der Waals surface area contributed by atoms with Crippen molar-refractivity contribution in [2.45, 2.75) is 39.7 Å². The molecule has 30 heavy (non-hydrogen) atoms. The number of ether oxygens (including phenoxy) is 1. The third-order valence-electron chi connectivity index (χ3n) is 4.52. The quantitative estimate of drug-likeness (QED) is 0.260. The molecule has 0 unspecified atom stereocenters. The molecule has 2 aromatic carbocycles. The normalized spacial score (nSPS) is 10.7. The summed E-state index contributed by atoms with van der Waals surface area (Å²) in [5.74, 6) is 1.71. The van der Waals surface area contributed by atoms with Crippen molar-refractivity contribution < 1.29 is 9.53 Å². The number of halogens is 1. The molecular formula is C23H33IN4O2. The highest BCUT2D eigenvalue weighted by Crippen LogP contribution is 2.19. The fourth-order valence-electron chi connectivity index (χ4n) is 2.98. The van der Waals surface area contributed by atoms with Crippen LogP contribution in [0.1, 0.15) is 36.5 Å². The number of nitrogens with one attached hydrogen (secondary N) is 3. The van der Waals surface area contributed by atoms with Crippen LogP contribution in [0.3, 0.4) is 0 Å². The number of hydrogen-bond acceptors (Lipinski definition) is 3. The van der Waals surface area contributed by atoms with E-state index >= 15 is 0 Å². The zero-order valence-corrected chi connectivity index (χ0v) is 20.6. The standard InChI is InChI=1S/C23H32N4O2.HI/c1-5-6-22(28)27-20-10-8-18(9-11-20)16-26-23(24-3)25-14-13-19-15-17(2)7-12-21(19)29-4;/h7-12,15H,5-6,13-14,16H2,1-4H3,(H,27,28)(H2,24,25,26);1H. The Morgan fingerprint density at radius 3 is 2.47 bits per heavy atom. The molecule has 0 saturated carbocycles. The van der Waals surface area contributed by atoms with Crippen LogP contribution in [-0.2, 0) is 17.8 Å². The molecule has 7 heteroatoms. The number of guanidine groups is 1. The van der Waals surface area contributed by atoms with Gasteiger partial charge in [0.15, 0.2) is 5.96 Å². The monoisotopic (exact) mass is 524 g/mol.